The molecule has 1 fully saturated rings. The third kappa shape index (κ3) is 3.33. The zero-order chi connectivity index (χ0) is 13.0. The average molecular weight is 251 g/mol. The van der Waals surface area contributed by atoms with Crippen LogP contribution in [0.25, 0.3) is 0 Å². The zero-order valence-electron chi connectivity index (χ0n) is 11.7. The summed E-state index contributed by atoms with van der Waals surface area (Å²) in [4.78, 5) is 4.28. The van der Waals surface area contributed by atoms with Gasteiger partial charge in [0.15, 0.2) is 0 Å². The molecule has 1 saturated heterocycles. The van der Waals surface area contributed by atoms with E-state index in [0.29, 0.717) is 18.1 Å². The molecule has 2 atom stereocenters. The van der Waals surface area contributed by atoms with Crippen molar-refractivity contribution >= 4 is 0 Å². The van der Waals surface area contributed by atoms with Crippen LogP contribution >= 0.6 is 0 Å². The fraction of sp³-hybridized carbons (Fsp3) is 0.786. The Bertz CT molecular complexity index is 356. The van der Waals surface area contributed by atoms with E-state index in [0.717, 1.165) is 26.1 Å². The number of nitrogens with zero attached hydrogens (tertiary/aromatic N) is 2. The van der Waals surface area contributed by atoms with E-state index < -0.39 is 0 Å². The number of rotatable bonds is 6. The highest BCUT2D eigenvalue weighted by molar-refractivity contribution is 5.01. The standard InChI is InChI=1S/C14H25N3O/c1-11(2)7-15-8-13-9-16-10-17(13)12(3)14-5-4-6-18-14/h9-12,14-15H,4-8H2,1-3H3. The van der Waals surface area contributed by atoms with E-state index in [1.165, 1.54) is 12.1 Å². The fourth-order valence-electron chi connectivity index (χ4n) is 2.49. The Labute approximate surface area is 110 Å². The second kappa shape index (κ2) is 6.34. The first-order chi connectivity index (χ1) is 8.68. The van der Waals surface area contributed by atoms with Gasteiger partial charge in [-0.1, -0.05) is 13.8 Å². The maximum absolute atomic E-state index is 5.77. The number of hydrogen-bond acceptors (Lipinski definition) is 3. The van der Waals surface area contributed by atoms with Crippen LogP contribution in [-0.4, -0.2) is 28.8 Å². The maximum Gasteiger partial charge on any atom is 0.0952 e. The van der Waals surface area contributed by atoms with Crippen LogP contribution in [0.3, 0.4) is 0 Å². The van der Waals surface area contributed by atoms with Gasteiger partial charge in [-0.2, -0.15) is 0 Å². The molecule has 1 aromatic heterocycles. The van der Waals surface area contributed by atoms with E-state index in [9.17, 15) is 0 Å². The number of ether oxygens (including phenoxy) is 1. The highest BCUT2D eigenvalue weighted by atomic mass is 16.5. The predicted octanol–water partition coefficient (Wildman–Crippen LogP) is 2.37. The molecule has 2 unspecified atom stereocenters. The number of hydrogen-bond donors (Lipinski definition) is 1. The molecular formula is C14H25N3O. The van der Waals surface area contributed by atoms with Crippen molar-refractivity contribution in [3.05, 3.63) is 18.2 Å². The van der Waals surface area contributed by atoms with Gasteiger partial charge < -0.3 is 14.6 Å². The van der Waals surface area contributed by atoms with Crippen LogP contribution in [0.4, 0.5) is 0 Å². The average Bonchev–Trinajstić information content (AvgIpc) is 2.98. The van der Waals surface area contributed by atoms with E-state index in [-0.39, 0.29) is 0 Å². The molecule has 0 amide bonds. The topological polar surface area (TPSA) is 39.1 Å². The summed E-state index contributed by atoms with van der Waals surface area (Å²) in [5.41, 5.74) is 1.25. The molecule has 0 radical (unpaired) electrons. The monoisotopic (exact) mass is 251 g/mol. The van der Waals surface area contributed by atoms with E-state index in [1.54, 1.807) is 0 Å². The first kappa shape index (κ1) is 13.6. The van der Waals surface area contributed by atoms with E-state index in [4.69, 9.17) is 4.74 Å². The molecule has 1 aromatic rings. The summed E-state index contributed by atoms with van der Waals surface area (Å²) in [5, 5.41) is 3.47. The lowest BCUT2D eigenvalue weighted by Crippen LogP contribution is -2.25. The minimum absolute atomic E-state index is 0.350. The second-order valence-corrected chi connectivity index (χ2v) is 5.61. The van der Waals surface area contributed by atoms with Gasteiger partial charge in [-0.25, -0.2) is 4.98 Å². The van der Waals surface area contributed by atoms with Crippen molar-refractivity contribution in [1.82, 2.24) is 14.9 Å². The Balaban J connectivity index is 1.93. The summed E-state index contributed by atoms with van der Waals surface area (Å²) in [6, 6.07) is 0.380. The van der Waals surface area contributed by atoms with Crippen molar-refractivity contribution in [2.75, 3.05) is 13.2 Å². The molecule has 18 heavy (non-hydrogen) atoms. The summed E-state index contributed by atoms with van der Waals surface area (Å²) in [6.45, 7) is 9.50. The van der Waals surface area contributed by atoms with Gasteiger partial charge in [0.1, 0.15) is 0 Å². The van der Waals surface area contributed by atoms with Gasteiger partial charge in [-0.15, -0.1) is 0 Å². The largest absolute Gasteiger partial charge is 0.376 e. The quantitative estimate of drug-likeness (QED) is 0.843. The van der Waals surface area contributed by atoms with Gasteiger partial charge >= 0.3 is 0 Å². The minimum Gasteiger partial charge on any atom is -0.376 e. The molecule has 4 heteroatoms. The van der Waals surface area contributed by atoms with Crippen LogP contribution in [0.5, 0.6) is 0 Å². The molecule has 1 aliphatic heterocycles. The van der Waals surface area contributed by atoms with Crippen molar-refractivity contribution in [2.24, 2.45) is 5.92 Å². The van der Waals surface area contributed by atoms with Gasteiger partial charge in [-0.05, 0) is 32.2 Å². The van der Waals surface area contributed by atoms with Gasteiger partial charge in [0, 0.05) is 19.3 Å². The Morgan fingerprint density at radius 3 is 3.00 bits per heavy atom. The van der Waals surface area contributed by atoms with Gasteiger partial charge in [0.05, 0.1) is 24.2 Å². The first-order valence-electron chi connectivity index (χ1n) is 7.01. The third-order valence-corrected chi connectivity index (χ3v) is 3.55. The summed E-state index contributed by atoms with van der Waals surface area (Å²) >= 11 is 0. The van der Waals surface area contributed by atoms with Crippen molar-refractivity contribution in [1.29, 1.82) is 0 Å². The Hall–Kier alpha value is -0.870. The number of imidazole rings is 1. The molecule has 0 aromatic carbocycles. The van der Waals surface area contributed by atoms with Crippen molar-refractivity contribution < 1.29 is 4.74 Å². The van der Waals surface area contributed by atoms with Crippen LogP contribution in [0, 0.1) is 5.92 Å². The van der Waals surface area contributed by atoms with Crippen LogP contribution in [0.1, 0.15) is 45.3 Å². The lowest BCUT2D eigenvalue weighted by atomic mass is 10.1. The van der Waals surface area contributed by atoms with E-state index in [2.05, 4.69) is 35.6 Å². The smallest absolute Gasteiger partial charge is 0.0952 e. The van der Waals surface area contributed by atoms with E-state index in [1.807, 2.05) is 12.5 Å². The van der Waals surface area contributed by atoms with E-state index >= 15 is 0 Å². The Morgan fingerprint density at radius 2 is 2.33 bits per heavy atom. The second-order valence-electron chi connectivity index (χ2n) is 5.61. The number of aromatic nitrogens is 2. The van der Waals surface area contributed by atoms with Crippen LogP contribution < -0.4 is 5.32 Å². The summed E-state index contributed by atoms with van der Waals surface area (Å²) in [5.74, 6) is 0.678. The number of nitrogens with one attached hydrogen (secondary N) is 1. The predicted molar refractivity (Wildman–Crippen MR) is 72.5 cm³/mol. The molecule has 1 aliphatic rings. The molecular weight excluding hydrogens is 226 g/mol. The zero-order valence-corrected chi connectivity index (χ0v) is 11.7. The Kier molecular flexibility index (Phi) is 4.78. The fourth-order valence-corrected chi connectivity index (χ4v) is 2.49. The summed E-state index contributed by atoms with van der Waals surface area (Å²) < 4.78 is 8.02. The Morgan fingerprint density at radius 1 is 1.50 bits per heavy atom. The molecule has 102 valence electrons. The van der Waals surface area contributed by atoms with Gasteiger partial charge in [0.2, 0.25) is 0 Å². The highest BCUT2D eigenvalue weighted by Crippen LogP contribution is 2.25. The normalized spacial score (nSPS) is 21.7. The minimum atomic E-state index is 0.350. The SMILES string of the molecule is CC(C)CNCc1cncn1C(C)C1CCCO1. The maximum atomic E-state index is 5.77. The van der Waals surface area contributed by atoms with Crippen LogP contribution in [0.15, 0.2) is 12.5 Å². The molecule has 2 rings (SSSR count). The lowest BCUT2D eigenvalue weighted by Gasteiger charge is -2.22. The van der Waals surface area contributed by atoms with Crippen molar-refractivity contribution in [2.45, 2.75) is 52.3 Å². The highest BCUT2D eigenvalue weighted by Gasteiger charge is 2.24. The molecule has 0 spiro atoms. The third-order valence-electron chi connectivity index (χ3n) is 3.55. The van der Waals surface area contributed by atoms with Crippen molar-refractivity contribution in [3.8, 4) is 0 Å². The molecule has 0 aliphatic carbocycles. The van der Waals surface area contributed by atoms with Crippen LogP contribution in [-0.2, 0) is 11.3 Å². The molecule has 0 saturated carbocycles. The molecule has 4 nitrogen and oxygen atoms in total. The summed E-state index contributed by atoms with van der Waals surface area (Å²) in [6.07, 6.45) is 6.59. The van der Waals surface area contributed by atoms with Crippen molar-refractivity contribution in [3.63, 3.8) is 0 Å². The van der Waals surface area contributed by atoms with Crippen LogP contribution in [0.2, 0.25) is 0 Å². The lowest BCUT2D eigenvalue weighted by molar-refractivity contribution is 0.0722. The van der Waals surface area contributed by atoms with Gasteiger partial charge in [0.25, 0.3) is 0 Å². The molecule has 0 bridgehead atoms. The molecule has 1 N–H and O–H groups in total. The summed E-state index contributed by atoms with van der Waals surface area (Å²) in [7, 11) is 0. The first-order valence-corrected chi connectivity index (χ1v) is 7.01. The molecule has 2 heterocycles. The van der Waals surface area contributed by atoms with Gasteiger partial charge in [-0.3, -0.25) is 0 Å².